The van der Waals surface area contributed by atoms with E-state index in [9.17, 15) is 5.26 Å². The minimum atomic E-state index is 0.565. The van der Waals surface area contributed by atoms with Gasteiger partial charge in [-0.15, -0.1) is 11.3 Å². The van der Waals surface area contributed by atoms with Crippen molar-refractivity contribution < 1.29 is 0 Å². The van der Waals surface area contributed by atoms with Crippen molar-refractivity contribution in [3.63, 3.8) is 0 Å². The molecule has 27 heavy (non-hydrogen) atoms. The van der Waals surface area contributed by atoms with Gasteiger partial charge in [-0.2, -0.15) is 5.26 Å². The number of nitriles is 1. The number of hydrogen-bond acceptors (Lipinski definition) is 3. The fourth-order valence-electron chi connectivity index (χ4n) is 3.22. The lowest BCUT2D eigenvalue weighted by atomic mass is 10.1. The first kappa shape index (κ1) is 17.5. The van der Waals surface area contributed by atoms with E-state index in [0.717, 1.165) is 37.9 Å². The Balaban J connectivity index is 1.82. The molecule has 2 aromatic heterocycles. The van der Waals surface area contributed by atoms with Gasteiger partial charge in [0.25, 0.3) is 0 Å². The van der Waals surface area contributed by atoms with Crippen molar-refractivity contribution in [2.75, 3.05) is 0 Å². The summed E-state index contributed by atoms with van der Waals surface area (Å²) in [5.41, 5.74) is 5.51. The summed E-state index contributed by atoms with van der Waals surface area (Å²) >= 11 is 7.92. The zero-order valence-electron chi connectivity index (χ0n) is 14.9. The first-order chi connectivity index (χ1) is 13.1. The van der Waals surface area contributed by atoms with Crippen LogP contribution in [0.1, 0.15) is 22.0 Å². The molecule has 132 valence electrons. The number of aryl methyl sites for hydroxylation is 1. The highest BCUT2D eigenvalue weighted by molar-refractivity contribution is 7.19. The molecule has 0 atom stereocenters. The molecule has 3 nitrogen and oxygen atoms in total. The Kier molecular flexibility index (Phi) is 4.57. The van der Waals surface area contributed by atoms with Crippen molar-refractivity contribution >= 4 is 44.8 Å². The van der Waals surface area contributed by atoms with Crippen molar-refractivity contribution in [2.24, 2.45) is 0 Å². The summed E-state index contributed by atoms with van der Waals surface area (Å²) in [6, 6.07) is 20.1. The van der Waals surface area contributed by atoms with Gasteiger partial charge < -0.3 is 4.57 Å². The Morgan fingerprint density at radius 3 is 2.63 bits per heavy atom. The molecule has 5 heteroatoms. The monoisotopic (exact) mass is 389 g/mol. The fourth-order valence-corrected chi connectivity index (χ4v) is 4.37. The lowest BCUT2D eigenvalue weighted by Gasteiger charge is -2.11. The third-order valence-electron chi connectivity index (χ3n) is 4.51. The standard InChI is InChI=1S/C22H16ClN3S/c1-14-11-16(15(2)26(14)20-9-5-3-7-18(20)23)12-17(13-24)22-25-19-8-4-6-10-21(19)27-22/h3-12H,1-2H3/b17-12+. The number of hydrogen-bond donors (Lipinski definition) is 0. The Hall–Kier alpha value is -2.87. The van der Waals surface area contributed by atoms with E-state index in [1.54, 1.807) is 0 Å². The van der Waals surface area contributed by atoms with Crippen LogP contribution >= 0.6 is 22.9 Å². The number of nitrogens with zero attached hydrogens (tertiary/aromatic N) is 3. The molecule has 0 saturated carbocycles. The molecule has 0 aliphatic heterocycles. The molecular weight excluding hydrogens is 374 g/mol. The molecule has 0 spiro atoms. The van der Waals surface area contributed by atoms with Crippen molar-refractivity contribution in [1.82, 2.24) is 9.55 Å². The van der Waals surface area contributed by atoms with Gasteiger partial charge in [-0.3, -0.25) is 0 Å². The minimum absolute atomic E-state index is 0.565. The Morgan fingerprint density at radius 1 is 1.15 bits per heavy atom. The summed E-state index contributed by atoms with van der Waals surface area (Å²) in [7, 11) is 0. The van der Waals surface area contributed by atoms with Gasteiger partial charge in [0.05, 0.1) is 26.5 Å². The fraction of sp³-hybridized carbons (Fsp3) is 0.0909. The van der Waals surface area contributed by atoms with Crippen LogP contribution in [0.2, 0.25) is 5.02 Å². The van der Waals surface area contributed by atoms with Gasteiger partial charge in [0.15, 0.2) is 0 Å². The maximum atomic E-state index is 9.71. The summed E-state index contributed by atoms with van der Waals surface area (Å²) in [6.45, 7) is 4.08. The second kappa shape index (κ2) is 7.03. The third-order valence-corrected chi connectivity index (χ3v) is 5.90. The summed E-state index contributed by atoms with van der Waals surface area (Å²) in [6.07, 6.45) is 1.91. The number of benzene rings is 2. The number of aromatic nitrogens is 2. The van der Waals surface area contributed by atoms with Gasteiger partial charge >= 0.3 is 0 Å². The molecule has 4 aromatic rings. The topological polar surface area (TPSA) is 41.6 Å². The third kappa shape index (κ3) is 3.16. The second-order valence-electron chi connectivity index (χ2n) is 6.27. The van der Waals surface area contributed by atoms with Gasteiger partial charge in [-0.05, 0) is 55.8 Å². The molecule has 0 fully saturated rings. The second-order valence-corrected chi connectivity index (χ2v) is 7.71. The molecule has 0 N–H and O–H groups in total. The highest BCUT2D eigenvalue weighted by atomic mass is 35.5. The summed E-state index contributed by atoms with van der Waals surface area (Å²) in [5.74, 6) is 0. The van der Waals surface area contributed by atoms with Gasteiger partial charge in [0.1, 0.15) is 11.1 Å². The first-order valence-corrected chi connectivity index (χ1v) is 9.69. The lowest BCUT2D eigenvalue weighted by Crippen LogP contribution is -1.99. The molecule has 0 radical (unpaired) electrons. The number of thiazole rings is 1. The molecule has 0 saturated heterocycles. The van der Waals surface area contributed by atoms with Crippen LogP contribution in [-0.2, 0) is 0 Å². The van der Waals surface area contributed by atoms with Gasteiger partial charge in [-0.1, -0.05) is 35.9 Å². The van der Waals surface area contributed by atoms with E-state index in [0.29, 0.717) is 10.6 Å². The van der Waals surface area contributed by atoms with Crippen LogP contribution in [0.3, 0.4) is 0 Å². The summed E-state index contributed by atoms with van der Waals surface area (Å²) in [4.78, 5) is 4.61. The van der Waals surface area contributed by atoms with Crippen LogP contribution < -0.4 is 0 Å². The highest BCUT2D eigenvalue weighted by Crippen LogP contribution is 2.31. The van der Waals surface area contributed by atoms with E-state index in [4.69, 9.17) is 11.6 Å². The quantitative estimate of drug-likeness (QED) is 0.379. The molecule has 0 aliphatic rings. The molecule has 2 aromatic carbocycles. The van der Waals surface area contributed by atoms with E-state index in [-0.39, 0.29) is 0 Å². The van der Waals surface area contributed by atoms with Crippen LogP contribution in [0, 0.1) is 25.2 Å². The summed E-state index contributed by atoms with van der Waals surface area (Å²) in [5, 5.41) is 11.1. The SMILES string of the molecule is Cc1cc(/C=C(\C#N)c2nc3ccccc3s2)c(C)n1-c1ccccc1Cl. The van der Waals surface area contributed by atoms with E-state index >= 15 is 0 Å². The van der Waals surface area contributed by atoms with Crippen molar-refractivity contribution in [2.45, 2.75) is 13.8 Å². The predicted molar refractivity (Wildman–Crippen MR) is 113 cm³/mol. The van der Waals surface area contributed by atoms with Crippen LogP contribution in [0.4, 0.5) is 0 Å². The highest BCUT2D eigenvalue weighted by Gasteiger charge is 2.14. The largest absolute Gasteiger partial charge is 0.316 e. The maximum Gasteiger partial charge on any atom is 0.135 e. The van der Waals surface area contributed by atoms with Crippen molar-refractivity contribution in [3.8, 4) is 11.8 Å². The predicted octanol–water partition coefficient (Wildman–Crippen LogP) is 6.42. The zero-order valence-corrected chi connectivity index (χ0v) is 16.5. The normalized spacial score (nSPS) is 11.7. The van der Waals surface area contributed by atoms with Gasteiger partial charge in [0.2, 0.25) is 0 Å². The molecule has 2 heterocycles. The van der Waals surface area contributed by atoms with Crippen molar-refractivity contribution in [1.29, 1.82) is 5.26 Å². The molecular formula is C22H16ClN3S. The number of para-hydroxylation sites is 2. The number of fused-ring (bicyclic) bond motifs is 1. The average Bonchev–Trinajstić information content (AvgIpc) is 3.21. The smallest absolute Gasteiger partial charge is 0.135 e. The Bertz CT molecular complexity index is 1190. The van der Waals surface area contributed by atoms with Gasteiger partial charge in [0, 0.05) is 11.4 Å². The van der Waals surface area contributed by atoms with Gasteiger partial charge in [-0.25, -0.2) is 4.98 Å². The minimum Gasteiger partial charge on any atom is -0.316 e. The number of rotatable bonds is 3. The van der Waals surface area contributed by atoms with Crippen molar-refractivity contribution in [3.05, 3.63) is 81.6 Å². The van der Waals surface area contributed by atoms with Crippen LogP contribution in [-0.4, -0.2) is 9.55 Å². The maximum absolute atomic E-state index is 9.71. The molecule has 0 aliphatic carbocycles. The zero-order chi connectivity index (χ0) is 19.0. The van der Waals surface area contributed by atoms with E-state index in [2.05, 4.69) is 21.7 Å². The Morgan fingerprint density at radius 2 is 1.89 bits per heavy atom. The van der Waals surface area contributed by atoms with Crippen LogP contribution in [0.15, 0.2) is 54.6 Å². The number of halogens is 1. The first-order valence-electron chi connectivity index (χ1n) is 8.50. The van der Waals surface area contributed by atoms with Crippen LogP contribution in [0.5, 0.6) is 0 Å². The lowest BCUT2D eigenvalue weighted by molar-refractivity contribution is 0.965. The van der Waals surface area contributed by atoms with E-state index in [1.807, 2.05) is 68.5 Å². The molecule has 4 rings (SSSR count). The van der Waals surface area contributed by atoms with E-state index in [1.165, 1.54) is 11.3 Å². The molecule has 0 bridgehead atoms. The molecule has 0 unspecified atom stereocenters. The Labute approximate surface area is 166 Å². The summed E-state index contributed by atoms with van der Waals surface area (Å²) < 4.78 is 3.19. The van der Waals surface area contributed by atoms with E-state index < -0.39 is 0 Å². The molecule has 0 amide bonds. The average molecular weight is 390 g/mol. The van der Waals surface area contributed by atoms with Crippen LogP contribution in [0.25, 0.3) is 27.6 Å². The number of allylic oxidation sites excluding steroid dienone is 1.